The molecule has 0 saturated carbocycles. The summed E-state index contributed by atoms with van der Waals surface area (Å²) in [6.45, 7) is 0.362. The minimum atomic E-state index is -0.515. The van der Waals surface area contributed by atoms with Gasteiger partial charge in [0.1, 0.15) is 5.82 Å². The molecule has 0 aromatic heterocycles. The van der Waals surface area contributed by atoms with Crippen molar-refractivity contribution in [2.75, 3.05) is 18.9 Å². The molecule has 1 aromatic carbocycles. The number of amides is 2. The summed E-state index contributed by atoms with van der Waals surface area (Å²) in [6, 6.07) is 2.52. The van der Waals surface area contributed by atoms with Gasteiger partial charge in [-0.3, -0.25) is 9.59 Å². The molecule has 0 bridgehead atoms. The van der Waals surface area contributed by atoms with Crippen molar-refractivity contribution in [3.05, 3.63) is 27.4 Å². The molecule has 19 heavy (non-hydrogen) atoms. The minimum Gasteiger partial charge on any atom is -0.345 e. The van der Waals surface area contributed by atoms with Gasteiger partial charge in [0.05, 0.1) is 21.1 Å². The number of hydrogen-bond donors (Lipinski definition) is 1. The van der Waals surface area contributed by atoms with Crippen molar-refractivity contribution >= 4 is 45.0 Å². The highest BCUT2D eigenvalue weighted by Gasteiger charge is 2.32. The maximum Gasteiger partial charge on any atom is 0.229 e. The molecule has 7 heteroatoms. The van der Waals surface area contributed by atoms with Crippen LogP contribution in [0.5, 0.6) is 0 Å². The Morgan fingerprint density at radius 1 is 1.58 bits per heavy atom. The molecule has 4 nitrogen and oxygen atoms in total. The first-order valence-corrected chi connectivity index (χ1v) is 6.75. The number of halogens is 3. The predicted molar refractivity (Wildman–Crippen MR) is 73.5 cm³/mol. The first-order valence-electron chi connectivity index (χ1n) is 5.58. The average molecular weight is 350 g/mol. The summed E-state index contributed by atoms with van der Waals surface area (Å²) in [5.41, 5.74) is 0.203. The number of rotatable bonds is 2. The maximum atomic E-state index is 13.4. The topological polar surface area (TPSA) is 49.4 Å². The van der Waals surface area contributed by atoms with Gasteiger partial charge in [0.2, 0.25) is 11.8 Å². The van der Waals surface area contributed by atoms with E-state index in [1.54, 1.807) is 7.05 Å². The molecule has 1 atom stereocenters. The highest BCUT2D eigenvalue weighted by Crippen LogP contribution is 2.29. The molecular weight excluding hydrogens is 338 g/mol. The summed E-state index contributed by atoms with van der Waals surface area (Å²) < 4.78 is 13.6. The van der Waals surface area contributed by atoms with Gasteiger partial charge < -0.3 is 10.2 Å². The Morgan fingerprint density at radius 3 is 2.84 bits per heavy atom. The van der Waals surface area contributed by atoms with E-state index in [-0.39, 0.29) is 33.4 Å². The normalized spacial score (nSPS) is 18.8. The largest absolute Gasteiger partial charge is 0.345 e. The van der Waals surface area contributed by atoms with Crippen LogP contribution in [0.1, 0.15) is 6.42 Å². The van der Waals surface area contributed by atoms with Crippen LogP contribution in [-0.4, -0.2) is 30.3 Å². The lowest BCUT2D eigenvalue weighted by atomic mass is 10.1. The molecule has 1 N–H and O–H groups in total. The van der Waals surface area contributed by atoms with Crippen molar-refractivity contribution in [1.29, 1.82) is 0 Å². The molecule has 0 aliphatic carbocycles. The second kappa shape index (κ2) is 5.46. The van der Waals surface area contributed by atoms with E-state index in [1.165, 1.54) is 11.0 Å². The van der Waals surface area contributed by atoms with E-state index in [2.05, 4.69) is 21.2 Å². The number of likely N-dealkylation sites (tertiary alicyclic amines) is 1. The Balaban J connectivity index is 2.12. The van der Waals surface area contributed by atoms with Crippen LogP contribution in [0.2, 0.25) is 5.02 Å². The van der Waals surface area contributed by atoms with E-state index < -0.39 is 11.7 Å². The van der Waals surface area contributed by atoms with Crippen LogP contribution >= 0.6 is 27.5 Å². The third kappa shape index (κ3) is 3.06. The molecule has 1 aliphatic rings. The number of hydrogen-bond acceptors (Lipinski definition) is 2. The Hall–Kier alpha value is -1.14. The molecule has 1 aromatic rings. The third-order valence-corrected chi connectivity index (χ3v) is 3.90. The van der Waals surface area contributed by atoms with Gasteiger partial charge in [-0.2, -0.15) is 0 Å². The highest BCUT2D eigenvalue weighted by atomic mass is 79.9. The highest BCUT2D eigenvalue weighted by molar-refractivity contribution is 9.10. The molecule has 0 radical (unpaired) electrons. The Kier molecular flexibility index (Phi) is 4.10. The summed E-state index contributed by atoms with van der Waals surface area (Å²) in [6.07, 6.45) is 0.166. The SMILES string of the molecule is CN1C[C@H](C(=O)Nc2cc(F)c(Br)cc2Cl)CC1=O. The molecule has 1 saturated heterocycles. The van der Waals surface area contributed by atoms with Crippen LogP contribution in [0.25, 0.3) is 0 Å². The molecule has 2 rings (SSSR count). The summed E-state index contributed by atoms with van der Waals surface area (Å²) in [7, 11) is 1.64. The van der Waals surface area contributed by atoms with Gasteiger partial charge in [0.15, 0.2) is 0 Å². The monoisotopic (exact) mass is 348 g/mol. The van der Waals surface area contributed by atoms with Crippen LogP contribution < -0.4 is 5.32 Å². The quantitative estimate of drug-likeness (QED) is 0.835. The number of nitrogens with one attached hydrogen (secondary N) is 1. The van der Waals surface area contributed by atoms with E-state index in [0.29, 0.717) is 6.54 Å². The maximum absolute atomic E-state index is 13.4. The van der Waals surface area contributed by atoms with Crippen LogP contribution in [0, 0.1) is 11.7 Å². The van der Waals surface area contributed by atoms with E-state index in [4.69, 9.17) is 11.6 Å². The van der Waals surface area contributed by atoms with Crippen LogP contribution in [0.4, 0.5) is 10.1 Å². The van der Waals surface area contributed by atoms with Gasteiger partial charge in [-0.15, -0.1) is 0 Å². The third-order valence-electron chi connectivity index (χ3n) is 2.98. The number of carbonyl (C=O) groups is 2. The summed E-state index contributed by atoms with van der Waals surface area (Å²) >= 11 is 8.93. The lowest BCUT2D eigenvalue weighted by Crippen LogP contribution is -2.25. The fourth-order valence-electron chi connectivity index (χ4n) is 1.89. The average Bonchev–Trinajstić information content (AvgIpc) is 2.67. The van der Waals surface area contributed by atoms with Gasteiger partial charge in [0, 0.05) is 26.1 Å². The number of anilines is 1. The molecule has 1 fully saturated rings. The van der Waals surface area contributed by atoms with Crippen molar-refractivity contribution in [1.82, 2.24) is 4.90 Å². The second-order valence-electron chi connectivity index (χ2n) is 4.41. The first kappa shape index (κ1) is 14.3. The fraction of sp³-hybridized carbons (Fsp3) is 0.333. The Morgan fingerprint density at radius 2 is 2.26 bits per heavy atom. The zero-order chi connectivity index (χ0) is 14.2. The minimum absolute atomic E-state index is 0.0757. The molecule has 102 valence electrons. The summed E-state index contributed by atoms with van der Waals surface area (Å²) in [4.78, 5) is 24.8. The predicted octanol–water partition coefficient (Wildman–Crippen LogP) is 2.66. The number of nitrogens with zero attached hydrogens (tertiary/aromatic N) is 1. The standard InChI is InChI=1S/C12H11BrClFN2O2/c1-17-5-6(2-11(17)18)12(19)16-10-4-9(15)7(13)3-8(10)14/h3-4,6H,2,5H2,1H3,(H,16,19)/t6-/m1/s1. The number of carbonyl (C=O) groups excluding carboxylic acids is 2. The lowest BCUT2D eigenvalue weighted by Gasteiger charge is -2.12. The first-order chi connectivity index (χ1) is 8.88. The smallest absolute Gasteiger partial charge is 0.229 e. The molecule has 0 spiro atoms. The molecular formula is C12H11BrClFN2O2. The summed E-state index contributed by atoms with van der Waals surface area (Å²) in [5, 5.41) is 2.79. The van der Waals surface area contributed by atoms with Crippen molar-refractivity contribution in [3.8, 4) is 0 Å². The zero-order valence-corrected chi connectivity index (χ0v) is 12.4. The van der Waals surface area contributed by atoms with Crippen molar-refractivity contribution in [2.24, 2.45) is 5.92 Å². The van der Waals surface area contributed by atoms with E-state index in [9.17, 15) is 14.0 Å². The zero-order valence-electron chi connectivity index (χ0n) is 10.0. The van der Waals surface area contributed by atoms with E-state index in [1.807, 2.05) is 0 Å². The number of benzene rings is 1. The van der Waals surface area contributed by atoms with Crippen LogP contribution in [0.15, 0.2) is 16.6 Å². The van der Waals surface area contributed by atoms with Crippen LogP contribution in [-0.2, 0) is 9.59 Å². The van der Waals surface area contributed by atoms with Gasteiger partial charge in [-0.25, -0.2) is 4.39 Å². The van der Waals surface area contributed by atoms with Gasteiger partial charge in [0.25, 0.3) is 0 Å². The lowest BCUT2D eigenvalue weighted by molar-refractivity contribution is -0.127. The van der Waals surface area contributed by atoms with E-state index >= 15 is 0 Å². The fourth-order valence-corrected chi connectivity index (χ4v) is 2.58. The van der Waals surface area contributed by atoms with E-state index in [0.717, 1.165) is 6.07 Å². The van der Waals surface area contributed by atoms with Gasteiger partial charge >= 0.3 is 0 Å². The Bertz CT molecular complexity index is 553. The van der Waals surface area contributed by atoms with Gasteiger partial charge in [-0.1, -0.05) is 11.6 Å². The molecule has 1 aliphatic heterocycles. The molecule has 0 unspecified atom stereocenters. The summed E-state index contributed by atoms with van der Waals surface area (Å²) in [5.74, 6) is -1.35. The molecule has 2 amide bonds. The van der Waals surface area contributed by atoms with Crippen molar-refractivity contribution in [3.63, 3.8) is 0 Å². The van der Waals surface area contributed by atoms with Crippen molar-refractivity contribution < 1.29 is 14.0 Å². The second-order valence-corrected chi connectivity index (χ2v) is 5.67. The van der Waals surface area contributed by atoms with Crippen LogP contribution in [0.3, 0.4) is 0 Å². The van der Waals surface area contributed by atoms with Crippen molar-refractivity contribution in [2.45, 2.75) is 6.42 Å². The van der Waals surface area contributed by atoms with Gasteiger partial charge in [-0.05, 0) is 22.0 Å². The molecule has 1 heterocycles. The Labute approximate surface area is 123 Å².